The van der Waals surface area contributed by atoms with Crippen LogP contribution in [0.2, 0.25) is 0 Å². The van der Waals surface area contributed by atoms with Crippen molar-refractivity contribution in [2.45, 2.75) is 44.4 Å². The minimum Gasteiger partial charge on any atom is -0.0689 e. The van der Waals surface area contributed by atoms with Crippen molar-refractivity contribution >= 4 is 25.4 Å². The van der Waals surface area contributed by atoms with E-state index in [9.17, 15) is 0 Å². The molecule has 0 radical (unpaired) electrons. The van der Waals surface area contributed by atoms with Crippen LogP contribution in [0.3, 0.4) is 0 Å². The van der Waals surface area contributed by atoms with Gasteiger partial charge in [-0.2, -0.15) is 0 Å². The first-order valence-corrected chi connectivity index (χ1v) is 9.88. The molecule has 0 unspecified atom stereocenters. The van der Waals surface area contributed by atoms with Gasteiger partial charge in [-0.05, 0) is 58.1 Å². The van der Waals surface area contributed by atoms with Gasteiger partial charge in [-0.1, -0.05) is 76.4 Å². The number of hydrogen-bond acceptors (Lipinski definition) is 0. The summed E-state index contributed by atoms with van der Waals surface area (Å²) in [7, 11) is -0.0164. The summed E-state index contributed by atoms with van der Waals surface area (Å²) in [5, 5.41) is 1.65. The summed E-state index contributed by atoms with van der Waals surface area (Å²) in [6.45, 7) is 4.92. The Hall–Kier alpha value is -1.39. The van der Waals surface area contributed by atoms with Gasteiger partial charge in [-0.25, -0.2) is 0 Å². The maximum atomic E-state index is 2.46. The molecule has 112 valence electrons. The molecule has 0 nitrogen and oxygen atoms in total. The predicted octanol–water partition coefficient (Wildman–Crippen LogP) is 5.44. The molecule has 2 aromatic rings. The zero-order valence-electron chi connectivity index (χ0n) is 13.4. The maximum Gasteiger partial charge on any atom is -0.00137 e. The summed E-state index contributed by atoms with van der Waals surface area (Å²) in [6, 6.07) is 15.8. The topological polar surface area (TPSA) is 0 Å². The Morgan fingerprint density at radius 1 is 0.818 bits per heavy atom. The predicted molar refractivity (Wildman–Crippen MR) is 99.3 cm³/mol. The highest BCUT2D eigenvalue weighted by Crippen LogP contribution is 2.55. The fourth-order valence-corrected chi connectivity index (χ4v) is 7.50. The molecular weight excluding hydrogens is 283 g/mol. The van der Waals surface area contributed by atoms with Crippen molar-refractivity contribution in [1.29, 1.82) is 0 Å². The standard InChI is InChI=1S/C21H23P/c1-15-10-11-16(2)22(15)21-9-5-8-19-14-18-7-4-3-6-17(18)12-13-20(19)21/h3-9,12-13,15-16H,10-11,14H2,1-2H3/t15-,16-/m1/s1. The molecule has 0 aromatic heterocycles. The SMILES string of the molecule is C[C@@H]1CC[C@@H](C)P1c1cccc2c1C=Cc1ccccc1C2. The van der Waals surface area contributed by atoms with E-state index in [1.165, 1.54) is 35.1 Å². The quantitative estimate of drug-likeness (QED) is 0.525. The van der Waals surface area contributed by atoms with E-state index in [1.54, 1.807) is 5.30 Å². The fraction of sp³-hybridized carbons (Fsp3) is 0.333. The van der Waals surface area contributed by atoms with Crippen LogP contribution in [0, 0.1) is 0 Å². The third-order valence-corrected chi connectivity index (χ3v) is 8.63. The van der Waals surface area contributed by atoms with Crippen LogP contribution in [0.15, 0.2) is 42.5 Å². The maximum absolute atomic E-state index is 2.46. The Bertz CT molecular complexity index is 718. The summed E-state index contributed by atoms with van der Waals surface area (Å²) in [5.74, 6) is 0. The first kappa shape index (κ1) is 14.2. The van der Waals surface area contributed by atoms with E-state index < -0.39 is 0 Å². The van der Waals surface area contributed by atoms with E-state index in [0.717, 1.165) is 17.7 Å². The van der Waals surface area contributed by atoms with Gasteiger partial charge in [0, 0.05) is 0 Å². The van der Waals surface area contributed by atoms with Crippen LogP contribution in [0.4, 0.5) is 0 Å². The summed E-state index contributed by atoms with van der Waals surface area (Å²) >= 11 is 0. The molecule has 1 fully saturated rings. The van der Waals surface area contributed by atoms with Gasteiger partial charge >= 0.3 is 0 Å². The second-order valence-electron chi connectivity index (χ2n) is 6.74. The lowest BCUT2D eigenvalue weighted by Gasteiger charge is -2.24. The number of hydrogen-bond donors (Lipinski definition) is 0. The second kappa shape index (κ2) is 5.67. The Balaban J connectivity index is 1.83. The van der Waals surface area contributed by atoms with E-state index in [1.807, 2.05) is 0 Å². The Kier molecular flexibility index (Phi) is 3.66. The van der Waals surface area contributed by atoms with Gasteiger partial charge in [0.05, 0.1) is 0 Å². The van der Waals surface area contributed by atoms with Gasteiger partial charge in [0.1, 0.15) is 0 Å². The molecule has 0 saturated carbocycles. The minimum atomic E-state index is -0.0164. The van der Waals surface area contributed by atoms with Gasteiger partial charge in [0.2, 0.25) is 0 Å². The molecule has 1 saturated heterocycles. The Morgan fingerprint density at radius 3 is 2.36 bits per heavy atom. The molecule has 1 aliphatic carbocycles. The van der Waals surface area contributed by atoms with Crippen molar-refractivity contribution in [3.8, 4) is 0 Å². The van der Waals surface area contributed by atoms with E-state index in [2.05, 4.69) is 68.5 Å². The van der Waals surface area contributed by atoms with E-state index in [4.69, 9.17) is 0 Å². The third kappa shape index (κ3) is 2.34. The van der Waals surface area contributed by atoms with Crippen molar-refractivity contribution in [3.63, 3.8) is 0 Å². The largest absolute Gasteiger partial charge is 0.0689 e. The van der Waals surface area contributed by atoms with Crippen molar-refractivity contribution in [2.24, 2.45) is 0 Å². The van der Waals surface area contributed by atoms with Crippen LogP contribution < -0.4 is 5.30 Å². The van der Waals surface area contributed by atoms with Gasteiger partial charge in [0.15, 0.2) is 0 Å². The number of fused-ring (bicyclic) bond motifs is 2. The van der Waals surface area contributed by atoms with E-state index >= 15 is 0 Å². The summed E-state index contributed by atoms with van der Waals surface area (Å²) in [6.07, 6.45) is 8.58. The molecular formula is C21H23P. The smallest absolute Gasteiger partial charge is 0.00137 e. The molecule has 0 N–H and O–H groups in total. The molecule has 0 spiro atoms. The Labute approximate surface area is 135 Å². The molecule has 0 amide bonds. The zero-order chi connectivity index (χ0) is 15.1. The first-order valence-electron chi connectivity index (χ1n) is 8.40. The average molecular weight is 306 g/mol. The monoisotopic (exact) mass is 306 g/mol. The molecule has 1 heteroatoms. The molecule has 0 bridgehead atoms. The van der Waals surface area contributed by atoms with Crippen molar-refractivity contribution in [2.75, 3.05) is 0 Å². The summed E-state index contributed by atoms with van der Waals surface area (Å²) in [4.78, 5) is 0. The molecule has 1 aliphatic heterocycles. The molecule has 2 atom stereocenters. The van der Waals surface area contributed by atoms with Crippen molar-refractivity contribution < 1.29 is 0 Å². The highest BCUT2D eigenvalue weighted by molar-refractivity contribution is 7.67. The van der Waals surface area contributed by atoms with Crippen LogP contribution in [0.1, 0.15) is 48.9 Å². The lowest BCUT2D eigenvalue weighted by molar-refractivity contribution is 0.777. The minimum absolute atomic E-state index is 0.0164. The lowest BCUT2D eigenvalue weighted by atomic mass is 10.00. The lowest BCUT2D eigenvalue weighted by Crippen LogP contribution is -2.15. The molecule has 1 heterocycles. The van der Waals surface area contributed by atoms with Crippen LogP contribution in [-0.4, -0.2) is 11.3 Å². The zero-order valence-corrected chi connectivity index (χ0v) is 14.3. The van der Waals surface area contributed by atoms with E-state index in [0.29, 0.717) is 0 Å². The highest BCUT2D eigenvalue weighted by Gasteiger charge is 2.32. The van der Waals surface area contributed by atoms with Gasteiger partial charge in [-0.3, -0.25) is 0 Å². The number of rotatable bonds is 1. The van der Waals surface area contributed by atoms with E-state index in [-0.39, 0.29) is 7.92 Å². The normalized spacial score (nSPS) is 23.9. The van der Waals surface area contributed by atoms with Crippen LogP contribution in [0.5, 0.6) is 0 Å². The molecule has 4 rings (SSSR count). The summed E-state index contributed by atoms with van der Waals surface area (Å²) < 4.78 is 0. The highest BCUT2D eigenvalue weighted by atomic mass is 31.1. The second-order valence-corrected chi connectivity index (χ2v) is 9.80. The molecule has 2 aromatic carbocycles. The van der Waals surface area contributed by atoms with Gasteiger partial charge < -0.3 is 0 Å². The first-order chi connectivity index (χ1) is 10.7. The summed E-state index contributed by atoms with van der Waals surface area (Å²) in [5.41, 5.74) is 7.60. The van der Waals surface area contributed by atoms with Gasteiger partial charge in [0.25, 0.3) is 0 Å². The third-order valence-electron chi connectivity index (χ3n) is 5.27. The van der Waals surface area contributed by atoms with Gasteiger partial charge in [-0.15, -0.1) is 0 Å². The van der Waals surface area contributed by atoms with Crippen LogP contribution >= 0.6 is 7.92 Å². The fourth-order valence-electron chi connectivity index (χ4n) is 4.08. The van der Waals surface area contributed by atoms with Crippen LogP contribution in [0.25, 0.3) is 12.2 Å². The van der Waals surface area contributed by atoms with Crippen molar-refractivity contribution in [1.82, 2.24) is 0 Å². The van der Waals surface area contributed by atoms with Crippen LogP contribution in [-0.2, 0) is 6.42 Å². The Morgan fingerprint density at radius 2 is 1.55 bits per heavy atom. The molecule has 22 heavy (non-hydrogen) atoms. The number of benzene rings is 2. The average Bonchev–Trinajstić information content (AvgIpc) is 2.75. The molecule has 2 aliphatic rings. The van der Waals surface area contributed by atoms with Crippen molar-refractivity contribution in [3.05, 3.63) is 64.7 Å².